The van der Waals surface area contributed by atoms with Crippen LogP contribution in [0.1, 0.15) is 25.3 Å². The molecule has 0 spiro atoms. The lowest BCUT2D eigenvalue weighted by Gasteiger charge is -2.11. The third kappa shape index (κ3) is 6.28. The second kappa shape index (κ2) is 9.84. The number of rotatable bonds is 8. The van der Waals surface area contributed by atoms with E-state index in [1.165, 1.54) is 5.56 Å². The zero-order valence-electron chi connectivity index (χ0n) is 13.5. The van der Waals surface area contributed by atoms with Crippen molar-refractivity contribution in [2.24, 2.45) is 4.99 Å². The van der Waals surface area contributed by atoms with Crippen LogP contribution in [0.4, 0.5) is 0 Å². The summed E-state index contributed by atoms with van der Waals surface area (Å²) < 4.78 is 1.75. The fourth-order valence-electron chi connectivity index (χ4n) is 2.15. The predicted molar refractivity (Wildman–Crippen MR) is 97.1 cm³/mol. The van der Waals surface area contributed by atoms with Gasteiger partial charge in [0.1, 0.15) is 0 Å². The molecule has 0 aromatic carbocycles. The number of hydrogen-bond donors (Lipinski definition) is 2. The summed E-state index contributed by atoms with van der Waals surface area (Å²) in [6.07, 6.45) is 3.78. The molecule has 0 unspecified atom stereocenters. The Morgan fingerprint density at radius 2 is 2.17 bits per heavy atom. The molecule has 0 aliphatic rings. The first kappa shape index (κ1) is 17.3. The van der Waals surface area contributed by atoms with Crippen LogP contribution in [0.5, 0.6) is 0 Å². The minimum Gasteiger partial charge on any atom is -0.357 e. The summed E-state index contributed by atoms with van der Waals surface area (Å²) in [5.74, 6) is 0.843. The molecule has 6 heteroatoms. The highest BCUT2D eigenvalue weighted by Crippen LogP contribution is 2.06. The van der Waals surface area contributed by atoms with Gasteiger partial charge >= 0.3 is 0 Å². The fraction of sp³-hybridized carbons (Fsp3) is 0.412. The van der Waals surface area contributed by atoms with Crippen molar-refractivity contribution in [3.8, 4) is 0 Å². The summed E-state index contributed by atoms with van der Waals surface area (Å²) in [6.45, 7) is 5.19. The molecule has 0 saturated heterocycles. The lowest BCUT2D eigenvalue weighted by atomic mass is 10.3. The molecule has 124 valence electrons. The van der Waals surface area contributed by atoms with Gasteiger partial charge in [0.2, 0.25) is 5.56 Å². The standard InChI is InChI=1S/C17H24N4OS/c1-2-18-17(20-13-15-8-12-23-14-15)19-9-4-6-11-21-10-5-3-7-16(21)22/h3,5,7-8,10,12,14H,2,4,6,9,11,13H2,1H3,(H2,18,19,20). The number of guanidine groups is 1. The van der Waals surface area contributed by atoms with Crippen LogP contribution in [-0.2, 0) is 13.1 Å². The van der Waals surface area contributed by atoms with Gasteiger partial charge in [0, 0.05) is 31.9 Å². The first-order chi connectivity index (χ1) is 11.3. The highest BCUT2D eigenvalue weighted by Gasteiger charge is 1.98. The molecule has 0 fully saturated rings. The van der Waals surface area contributed by atoms with Gasteiger partial charge in [-0.15, -0.1) is 0 Å². The number of aromatic nitrogens is 1. The second-order valence-electron chi connectivity index (χ2n) is 5.19. The van der Waals surface area contributed by atoms with Gasteiger partial charge in [-0.05, 0) is 48.2 Å². The van der Waals surface area contributed by atoms with Crippen LogP contribution in [0.3, 0.4) is 0 Å². The monoisotopic (exact) mass is 332 g/mol. The zero-order chi connectivity index (χ0) is 16.3. The maximum Gasteiger partial charge on any atom is 0.250 e. The van der Waals surface area contributed by atoms with Crippen LogP contribution in [0, 0.1) is 0 Å². The lowest BCUT2D eigenvalue weighted by Crippen LogP contribution is -2.37. The molecule has 0 atom stereocenters. The molecule has 5 nitrogen and oxygen atoms in total. The van der Waals surface area contributed by atoms with Crippen molar-refractivity contribution >= 4 is 17.3 Å². The molecule has 0 radical (unpaired) electrons. The maximum absolute atomic E-state index is 11.6. The van der Waals surface area contributed by atoms with E-state index >= 15 is 0 Å². The number of unbranched alkanes of at least 4 members (excludes halogenated alkanes) is 1. The number of nitrogens with one attached hydrogen (secondary N) is 2. The van der Waals surface area contributed by atoms with Crippen LogP contribution < -0.4 is 16.2 Å². The Labute approximate surface area is 141 Å². The first-order valence-electron chi connectivity index (χ1n) is 7.98. The van der Waals surface area contributed by atoms with Crippen molar-refractivity contribution in [1.82, 2.24) is 15.2 Å². The summed E-state index contributed by atoms with van der Waals surface area (Å²) in [5, 5.41) is 10.8. The topological polar surface area (TPSA) is 58.4 Å². The molecule has 23 heavy (non-hydrogen) atoms. The van der Waals surface area contributed by atoms with Crippen LogP contribution in [-0.4, -0.2) is 23.6 Å². The highest BCUT2D eigenvalue weighted by atomic mass is 32.1. The quantitative estimate of drug-likeness (QED) is 0.443. The Balaban J connectivity index is 1.70. The summed E-state index contributed by atoms with van der Waals surface area (Å²) >= 11 is 1.69. The molecule has 2 N–H and O–H groups in total. The van der Waals surface area contributed by atoms with Crippen LogP contribution >= 0.6 is 11.3 Å². The molecule has 2 aromatic heterocycles. The van der Waals surface area contributed by atoms with Crippen molar-refractivity contribution in [2.75, 3.05) is 13.1 Å². The Kier molecular flexibility index (Phi) is 7.39. The normalized spacial score (nSPS) is 11.4. The minimum absolute atomic E-state index is 0.0612. The van der Waals surface area contributed by atoms with E-state index in [-0.39, 0.29) is 5.56 Å². The molecular weight excluding hydrogens is 308 g/mol. The number of thiophene rings is 1. The summed E-state index contributed by atoms with van der Waals surface area (Å²) in [6, 6.07) is 7.35. The van der Waals surface area contributed by atoms with E-state index in [1.54, 1.807) is 28.0 Å². The minimum atomic E-state index is 0.0612. The van der Waals surface area contributed by atoms with Gasteiger partial charge in [-0.3, -0.25) is 4.79 Å². The Hall–Kier alpha value is -2.08. The summed E-state index contributed by atoms with van der Waals surface area (Å²) in [4.78, 5) is 16.2. The van der Waals surface area contributed by atoms with E-state index < -0.39 is 0 Å². The summed E-state index contributed by atoms with van der Waals surface area (Å²) in [7, 11) is 0. The van der Waals surface area contributed by atoms with Crippen LogP contribution in [0.25, 0.3) is 0 Å². The van der Waals surface area contributed by atoms with Gasteiger partial charge in [0.15, 0.2) is 5.96 Å². The molecule has 0 aliphatic carbocycles. The fourth-order valence-corrected chi connectivity index (χ4v) is 2.81. The van der Waals surface area contributed by atoms with Crippen LogP contribution in [0.15, 0.2) is 51.0 Å². The van der Waals surface area contributed by atoms with E-state index in [0.717, 1.165) is 38.4 Å². The van der Waals surface area contributed by atoms with Crippen LogP contribution in [0.2, 0.25) is 0 Å². The average molecular weight is 332 g/mol. The molecule has 2 rings (SSSR count). The third-order valence-electron chi connectivity index (χ3n) is 3.36. The van der Waals surface area contributed by atoms with E-state index in [4.69, 9.17) is 0 Å². The second-order valence-corrected chi connectivity index (χ2v) is 5.97. The van der Waals surface area contributed by atoms with Gasteiger partial charge in [0.25, 0.3) is 0 Å². The molecule has 0 bridgehead atoms. The Morgan fingerprint density at radius 3 is 2.91 bits per heavy atom. The van der Waals surface area contributed by atoms with Crippen molar-refractivity contribution in [3.05, 3.63) is 57.1 Å². The first-order valence-corrected chi connectivity index (χ1v) is 8.92. The van der Waals surface area contributed by atoms with Gasteiger partial charge in [0.05, 0.1) is 6.54 Å². The van der Waals surface area contributed by atoms with Crippen molar-refractivity contribution in [3.63, 3.8) is 0 Å². The largest absolute Gasteiger partial charge is 0.357 e. The average Bonchev–Trinajstić information content (AvgIpc) is 3.07. The number of aryl methyl sites for hydroxylation is 1. The van der Waals surface area contributed by atoms with Crippen molar-refractivity contribution in [2.45, 2.75) is 32.9 Å². The van der Waals surface area contributed by atoms with Gasteiger partial charge in [-0.1, -0.05) is 6.07 Å². The van der Waals surface area contributed by atoms with E-state index in [1.807, 2.05) is 12.3 Å². The van der Waals surface area contributed by atoms with Gasteiger partial charge in [-0.2, -0.15) is 11.3 Å². The predicted octanol–water partition coefficient (Wildman–Crippen LogP) is 2.45. The number of pyridine rings is 1. The van der Waals surface area contributed by atoms with E-state index in [9.17, 15) is 4.79 Å². The SMILES string of the molecule is CCNC(=NCc1ccsc1)NCCCCn1ccccc1=O. The van der Waals surface area contributed by atoms with E-state index in [2.05, 4.69) is 39.4 Å². The molecule has 0 saturated carbocycles. The zero-order valence-corrected chi connectivity index (χ0v) is 14.3. The van der Waals surface area contributed by atoms with Crippen molar-refractivity contribution in [1.29, 1.82) is 0 Å². The maximum atomic E-state index is 11.6. The highest BCUT2D eigenvalue weighted by molar-refractivity contribution is 7.07. The molecule has 2 aromatic rings. The Bertz CT molecular complexity index is 649. The molecule has 0 aliphatic heterocycles. The summed E-state index contributed by atoms with van der Waals surface area (Å²) in [5.41, 5.74) is 1.29. The molecule has 2 heterocycles. The van der Waals surface area contributed by atoms with Gasteiger partial charge in [-0.25, -0.2) is 4.99 Å². The van der Waals surface area contributed by atoms with Gasteiger partial charge < -0.3 is 15.2 Å². The third-order valence-corrected chi connectivity index (χ3v) is 4.09. The molecular formula is C17H24N4OS. The van der Waals surface area contributed by atoms with Crippen molar-refractivity contribution < 1.29 is 0 Å². The van der Waals surface area contributed by atoms with E-state index in [0.29, 0.717) is 6.54 Å². The smallest absolute Gasteiger partial charge is 0.250 e. The Morgan fingerprint density at radius 1 is 1.26 bits per heavy atom. The number of nitrogens with zero attached hydrogens (tertiary/aromatic N) is 2. The number of hydrogen-bond acceptors (Lipinski definition) is 3. The number of aliphatic imine (C=N–C) groups is 1. The lowest BCUT2D eigenvalue weighted by molar-refractivity contribution is 0.585. The molecule has 0 amide bonds.